The van der Waals surface area contributed by atoms with Crippen molar-refractivity contribution in [2.45, 2.75) is 19.9 Å². The largest absolute Gasteiger partial charge is 0.305 e. The molecule has 0 aliphatic carbocycles. The van der Waals surface area contributed by atoms with Crippen LogP contribution in [0.4, 0.5) is 5.82 Å². The minimum absolute atomic E-state index is 0.166. The lowest BCUT2D eigenvalue weighted by Gasteiger charge is -2.05. The fourth-order valence-electron chi connectivity index (χ4n) is 2.40. The average molecular weight is 340 g/mol. The molecule has 1 amide bonds. The molecule has 0 radical (unpaired) electrons. The molecule has 3 aromatic rings. The number of hydrogen-bond acceptors (Lipinski definition) is 2. The Balaban J connectivity index is 1.67. The topological polar surface area (TPSA) is 46.9 Å². The summed E-state index contributed by atoms with van der Waals surface area (Å²) in [5, 5.41) is 7.89. The van der Waals surface area contributed by atoms with E-state index in [-0.39, 0.29) is 5.91 Å². The van der Waals surface area contributed by atoms with Crippen LogP contribution in [-0.4, -0.2) is 15.7 Å². The number of halogens is 1. The van der Waals surface area contributed by atoms with E-state index in [1.54, 1.807) is 10.7 Å². The van der Waals surface area contributed by atoms with Crippen molar-refractivity contribution < 1.29 is 4.79 Å². The summed E-state index contributed by atoms with van der Waals surface area (Å²) in [6.07, 6.45) is 2.77. The predicted octanol–water partition coefficient (Wildman–Crippen LogP) is 4.40. The highest BCUT2D eigenvalue weighted by Crippen LogP contribution is 2.16. The first-order valence-electron chi connectivity index (χ1n) is 7.83. The molecule has 2 aromatic carbocycles. The Kier molecular flexibility index (Phi) is 4.96. The van der Waals surface area contributed by atoms with E-state index in [0.717, 1.165) is 12.0 Å². The Morgan fingerprint density at radius 2 is 1.88 bits per heavy atom. The summed E-state index contributed by atoms with van der Waals surface area (Å²) in [5.41, 5.74) is 2.80. The van der Waals surface area contributed by atoms with Crippen molar-refractivity contribution in [3.8, 4) is 0 Å². The zero-order valence-electron chi connectivity index (χ0n) is 13.4. The lowest BCUT2D eigenvalue weighted by Crippen LogP contribution is -2.13. The van der Waals surface area contributed by atoms with Gasteiger partial charge in [-0.05, 0) is 35.7 Å². The van der Waals surface area contributed by atoms with Crippen LogP contribution < -0.4 is 5.32 Å². The number of rotatable bonds is 5. The fraction of sp³-hybridized carbons (Fsp3) is 0.158. The second kappa shape index (κ2) is 7.32. The molecule has 1 heterocycles. The first-order valence-corrected chi connectivity index (χ1v) is 8.20. The molecule has 1 N–H and O–H groups in total. The number of anilines is 1. The maximum Gasteiger partial charge on any atom is 0.256 e. The van der Waals surface area contributed by atoms with Crippen LogP contribution >= 0.6 is 11.6 Å². The molecule has 3 rings (SSSR count). The molecule has 122 valence electrons. The van der Waals surface area contributed by atoms with Gasteiger partial charge in [-0.25, -0.2) is 0 Å². The fourth-order valence-corrected chi connectivity index (χ4v) is 2.59. The molecule has 1 aromatic heterocycles. The Bertz CT molecular complexity index is 840. The molecule has 0 aliphatic rings. The molecule has 0 unspecified atom stereocenters. The van der Waals surface area contributed by atoms with E-state index in [2.05, 4.69) is 17.3 Å². The summed E-state index contributed by atoms with van der Waals surface area (Å²) in [6, 6.07) is 17.0. The van der Waals surface area contributed by atoms with Crippen molar-refractivity contribution in [3.05, 3.63) is 82.5 Å². The standard InChI is InChI=1S/C19H18ClN3O/c1-2-14-7-9-15(10-8-14)19(24)21-18-11-12-23(22-18)13-16-5-3-4-6-17(16)20/h3-12H,2,13H2,1H3,(H,21,22,24). The normalized spacial score (nSPS) is 10.6. The smallest absolute Gasteiger partial charge is 0.256 e. The van der Waals surface area contributed by atoms with Gasteiger partial charge in [-0.15, -0.1) is 0 Å². The maximum atomic E-state index is 12.3. The Hall–Kier alpha value is -2.59. The molecule has 0 saturated heterocycles. The zero-order valence-corrected chi connectivity index (χ0v) is 14.1. The monoisotopic (exact) mass is 339 g/mol. The van der Waals surface area contributed by atoms with E-state index >= 15 is 0 Å². The summed E-state index contributed by atoms with van der Waals surface area (Å²) in [4.78, 5) is 12.3. The van der Waals surface area contributed by atoms with E-state index in [4.69, 9.17) is 11.6 Å². The maximum absolute atomic E-state index is 12.3. The van der Waals surface area contributed by atoms with Crippen molar-refractivity contribution in [1.29, 1.82) is 0 Å². The van der Waals surface area contributed by atoms with E-state index in [1.165, 1.54) is 5.56 Å². The summed E-state index contributed by atoms with van der Waals surface area (Å²) in [6.45, 7) is 2.64. The number of aromatic nitrogens is 2. The second-order valence-corrected chi connectivity index (χ2v) is 5.90. The van der Waals surface area contributed by atoms with Crippen LogP contribution in [0.2, 0.25) is 5.02 Å². The molecule has 0 aliphatic heterocycles. The molecule has 0 bridgehead atoms. The van der Waals surface area contributed by atoms with E-state index < -0.39 is 0 Å². The lowest BCUT2D eigenvalue weighted by atomic mass is 10.1. The van der Waals surface area contributed by atoms with Crippen molar-refractivity contribution in [3.63, 3.8) is 0 Å². The summed E-state index contributed by atoms with van der Waals surface area (Å²) >= 11 is 6.16. The van der Waals surface area contributed by atoms with Gasteiger partial charge in [0, 0.05) is 22.8 Å². The molecule has 4 nitrogen and oxygen atoms in total. The number of nitrogens with one attached hydrogen (secondary N) is 1. The highest BCUT2D eigenvalue weighted by Gasteiger charge is 2.08. The van der Waals surface area contributed by atoms with Crippen LogP contribution in [-0.2, 0) is 13.0 Å². The van der Waals surface area contributed by atoms with Gasteiger partial charge in [0.2, 0.25) is 0 Å². The predicted molar refractivity (Wildman–Crippen MR) is 96.6 cm³/mol. The van der Waals surface area contributed by atoms with E-state index in [1.807, 2.05) is 54.7 Å². The molecule has 5 heteroatoms. The quantitative estimate of drug-likeness (QED) is 0.749. The van der Waals surface area contributed by atoms with Gasteiger partial charge >= 0.3 is 0 Å². The first-order chi connectivity index (χ1) is 11.7. The number of aryl methyl sites for hydroxylation is 1. The van der Waals surface area contributed by atoms with Crippen LogP contribution in [0.25, 0.3) is 0 Å². The van der Waals surface area contributed by atoms with E-state index in [9.17, 15) is 4.79 Å². The summed E-state index contributed by atoms with van der Waals surface area (Å²) in [5.74, 6) is 0.354. The molecule has 0 atom stereocenters. The van der Waals surface area contributed by atoms with Gasteiger partial charge in [-0.3, -0.25) is 9.48 Å². The third-order valence-electron chi connectivity index (χ3n) is 3.80. The SMILES string of the molecule is CCc1ccc(C(=O)Nc2ccn(Cc3ccccc3Cl)n2)cc1. The third-order valence-corrected chi connectivity index (χ3v) is 4.17. The van der Waals surface area contributed by atoms with Crippen molar-refractivity contribution >= 4 is 23.3 Å². The zero-order chi connectivity index (χ0) is 16.9. The first kappa shape index (κ1) is 16.3. The number of benzene rings is 2. The Labute approximate surface area is 146 Å². The van der Waals surface area contributed by atoms with Crippen LogP contribution in [0.15, 0.2) is 60.8 Å². The number of amides is 1. The van der Waals surface area contributed by atoms with Gasteiger partial charge in [0.05, 0.1) is 6.54 Å². The minimum atomic E-state index is -0.166. The molecule has 24 heavy (non-hydrogen) atoms. The van der Waals surface area contributed by atoms with Gasteiger partial charge in [-0.2, -0.15) is 5.10 Å². The van der Waals surface area contributed by atoms with Crippen LogP contribution in [0.5, 0.6) is 0 Å². The minimum Gasteiger partial charge on any atom is -0.305 e. The van der Waals surface area contributed by atoms with Gasteiger partial charge in [-0.1, -0.05) is 48.9 Å². The number of nitrogens with zero attached hydrogens (tertiary/aromatic N) is 2. The van der Waals surface area contributed by atoms with Crippen LogP contribution in [0, 0.1) is 0 Å². The van der Waals surface area contributed by atoms with Crippen LogP contribution in [0.3, 0.4) is 0 Å². The number of carbonyl (C=O) groups is 1. The Morgan fingerprint density at radius 1 is 1.12 bits per heavy atom. The van der Waals surface area contributed by atoms with Crippen molar-refractivity contribution in [1.82, 2.24) is 9.78 Å². The van der Waals surface area contributed by atoms with Gasteiger partial charge in [0.25, 0.3) is 5.91 Å². The van der Waals surface area contributed by atoms with Gasteiger partial charge < -0.3 is 5.32 Å². The van der Waals surface area contributed by atoms with E-state index in [0.29, 0.717) is 22.9 Å². The van der Waals surface area contributed by atoms with Crippen LogP contribution in [0.1, 0.15) is 28.4 Å². The highest BCUT2D eigenvalue weighted by molar-refractivity contribution is 6.31. The lowest BCUT2D eigenvalue weighted by molar-refractivity contribution is 0.102. The average Bonchev–Trinajstić information content (AvgIpc) is 3.04. The highest BCUT2D eigenvalue weighted by atomic mass is 35.5. The molecular formula is C19H18ClN3O. The molecular weight excluding hydrogens is 322 g/mol. The summed E-state index contributed by atoms with van der Waals surface area (Å²) in [7, 11) is 0. The molecule has 0 fully saturated rings. The van der Waals surface area contributed by atoms with Gasteiger partial charge in [0.15, 0.2) is 5.82 Å². The molecule has 0 saturated carbocycles. The number of hydrogen-bond donors (Lipinski definition) is 1. The van der Waals surface area contributed by atoms with Crippen molar-refractivity contribution in [2.24, 2.45) is 0 Å². The Morgan fingerprint density at radius 3 is 2.58 bits per heavy atom. The van der Waals surface area contributed by atoms with Crippen molar-refractivity contribution in [2.75, 3.05) is 5.32 Å². The third kappa shape index (κ3) is 3.84. The van der Waals surface area contributed by atoms with Gasteiger partial charge in [0.1, 0.15) is 0 Å². The number of carbonyl (C=O) groups excluding carboxylic acids is 1. The summed E-state index contributed by atoms with van der Waals surface area (Å²) < 4.78 is 1.75. The molecule has 0 spiro atoms. The second-order valence-electron chi connectivity index (χ2n) is 5.49.